The number of phenolic OH excluding ortho intramolecular Hbond substituents is 1. The Bertz CT molecular complexity index is 681. The molecule has 0 saturated carbocycles. The number of nitrogens with one attached hydrogen (secondary N) is 1. The molecule has 1 aromatic carbocycles. The van der Waals surface area contributed by atoms with Crippen LogP contribution < -0.4 is 5.32 Å². The van der Waals surface area contributed by atoms with E-state index in [1.807, 2.05) is 66.9 Å². The largest absolute Gasteiger partial charge is 0.507 e. The van der Waals surface area contributed by atoms with Crippen molar-refractivity contribution in [3.05, 3.63) is 50.7 Å². The molecular formula is C19H27NO2S. The Hall–Kier alpha value is -1.65. The van der Waals surface area contributed by atoms with E-state index in [-0.39, 0.29) is 16.9 Å². The van der Waals surface area contributed by atoms with Crippen LogP contribution in [0.15, 0.2) is 24.3 Å². The zero-order valence-corrected chi connectivity index (χ0v) is 15.9. The Morgan fingerprint density at radius 1 is 1.13 bits per heavy atom. The Kier molecular flexibility index (Phi) is 6.54. The SMILES string of the molecule is CNC.Cc1ccc(C(=O)c2cc(C)c(O)c(C(C)(C)C)c2)s1. The minimum atomic E-state index is -0.198. The van der Waals surface area contributed by atoms with E-state index in [1.165, 1.54) is 11.3 Å². The second-order valence-electron chi connectivity index (χ2n) is 6.68. The van der Waals surface area contributed by atoms with E-state index in [0.717, 1.165) is 20.9 Å². The van der Waals surface area contributed by atoms with Gasteiger partial charge < -0.3 is 10.4 Å². The first kappa shape index (κ1) is 19.4. The normalized spacial score (nSPS) is 10.9. The van der Waals surface area contributed by atoms with Gasteiger partial charge in [-0.2, -0.15) is 0 Å². The number of rotatable bonds is 2. The summed E-state index contributed by atoms with van der Waals surface area (Å²) in [4.78, 5) is 14.4. The molecule has 4 heteroatoms. The summed E-state index contributed by atoms with van der Waals surface area (Å²) in [5, 5.41) is 13.0. The molecule has 23 heavy (non-hydrogen) atoms. The van der Waals surface area contributed by atoms with Crippen LogP contribution in [0.5, 0.6) is 5.75 Å². The van der Waals surface area contributed by atoms with Crippen molar-refractivity contribution in [2.45, 2.75) is 40.0 Å². The lowest BCUT2D eigenvalue weighted by molar-refractivity contribution is 0.104. The average Bonchev–Trinajstić information content (AvgIpc) is 2.87. The molecule has 0 bridgehead atoms. The highest BCUT2D eigenvalue weighted by Gasteiger charge is 2.22. The first-order valence-electron chi connectivity index (χ1n) is 7.65. The monoisotopic (exact) mass is 333 g/mol. The highest BCUT2D eigenvalue weighted by molar-refractivity contribution is 7.14. The van der Waals surface area contributed by atoms with E-state index in [9.17, 15) is 9.90 Å². The van der Waals surface area contributed by atoms with Crippen molar-refractivity contribution >= 4 is 17.1 Å². The van der Waals surface area contributed by atoms with Crippen LogP contribution in [0.25, 0.3) is 0 Å². The number of carbonyl (C=O) groups excluding carboxylic acids is 1. The van der Waals surface area contributed by atoms with Crippen molar-refractivity contribution in [1.82, 2.24) is 5.32 Å². The number of aryl methyl sites for hydroxylation is 2. The molecular weight excluding hydrogens is 306 g/mol. The van der Waals surface area contributed by atoms with Gasteiger partial charge in [0.15, 0.2) is 0 Å². The summed E-state index contributed by atoms with van der Waals surface area (Å²) < 4.78 is 0. The molecule has 126 valence electrons. The highest BCUT2D eigenvalue weighted by atomic mass is 32.1. The quantitative estimate of drug-likeness (QED) is 0.799. The lowest BCUT2D eigenvalue weighted by Crippen LogP contribution is -2.13. The molecule has 0 atom stereocenters. The summed E-state index contributed by atoms with van der Waals surface area (Å²) in [6, 6.07) is 7.40. The molecule has 2 rings (SSSR count). The summed E-state index contributed by atoms with van der Waals surface area (Å²) in [5.41, 5.74) is 2.01. The number of ketones is 1. The number of thiophene rings is 1. The molecule has 0 saturated heterocycles. The van der Waals surface area contributed by atoms with Gasteiger partial charge in [0.1, 0.15) is 5.75 Å². The van der Waals surface area contributed by atoms with Gasteiger partial charge in [0, 0.05) is 16.0 Å². The molecule has 0 aliphatic heterocycles. The number of benzene rings is 1. The van der Waals surface area contributed by atoms with Gasteiger partial charge in [-0.05, 0) is 63.2 Å². The van der Waals surface area contributed by atoms with Crippen LogP contribution in [-0.4, -0.2) is 25.0 Å². The Morgan fingerprint density at radius 2 is 1.70 bits per heavy atom. The topological polar surface area (TPSA) is 49.3 Å². The number of phenols is 1. The maximum atomic E-state index is 12.5. The molecule has 0 spiro atoms. The molecule has 1 heterocycles. The van der Waals surface area contributed by atoms with Gasteiger partial charge in [0.05, 0.1) is 4.88 Å². The Labute approximate surface area is 143 Å². The second-order valence-corrected chi connectivity index (χ2v) is 7.97. The summed E-state index contributed by atoms with van der Waals surface area (Å²) >= 11 is 1.50. The van der Waals surface area contributed by atoms with Gasteiger partial charge in [-0.25, -0.2) is 0 Å². The standard InChI is InChI=1S/C17H20O2S.C2H7N/c1-10-8-12(9-13(15(10)18)17(3,4)5)16(19)14-7-6-11(2)20-14;1-3-2/h6-9,18H,1-5H3;3H,1-2H3. The van der Waals surface area contributed by atoms with Gasteiger partial charge in [-0.15, -0.1) is 11.3 Å². The number of carbonyl (C=O) groups is 1. The third-order valence-electron chi connectivity index (χ3n) is 3.33. The number of hydrogen-bond acceptors (Lipinski definition) is 4. The van der Waals surface area contributed by atoms with Gasteiger partial charge >= 0.3 is 0 Å². The Morgan fingerprint density at radius 3 is 2.13 bits per heavy atom. The lowest BCUT2D eigenvalue weighted by atomic mass is 9.83. The third kappa shape index (κ3) is 4.91. The van der Waals surface area contributed by atoms with Crippen molar-refractivity contribution in [3.8, 4) is 5.75 Å². The van der Waals surface area contributed by atoms with Crippen molar-refractivity contribution in [2.24, 2.45) is 0 Å². The molecule has 3 nitrogen and oxygen atoms in total. The average molecular weight is 333 g/mol. The molecule has 2 aromatic rings. The summed E-state index contributed by atoms with van der Waals surface area (Å²) in [6.07, 6.45) is 0. The fraction of sp³-hybridized carbons (Fsp3) is 0.421. The van der Waals surface area contributed by atoms with Crippen molar-refractivity contribution in [2.75, 3.05) is 14.1 Å². The third-order valence-corrected chi connectivity index (χ3v) is 4.33. The van der Waals surface area contributed by atoms with Crippen molar-refractivity contribution in [3.63, 3.8) is 0 Å². The number of aromatic hydroxyl groups is 1. The van der Waals surface area contributed by atoms with Crippen LogP contribution in [0.3, 0.4) is 0 Å². The highest BCUT2D eigenvalue weighted by Crippen LogP contribution is 2.35. The summed E-state index contributed by atoms with van der Waals surface area (Å²) in [6.45, 7) is 9.92. The second kappa shape index (κ2) is 7.75. The smallest absolute Gasteiger partial charge is 0.202 e. The van der Waals surface area contributed by atoms with Crippen LogP contribution in [0.4, 0.5) is 0 Å². The molecule has 0 amide bonds. The van der Waals surface area contributed by atoms with E-state index in [2.05, 4.69) is 5.32 Å². The molecule has 0 unspecified atom stereocenters. The van der Waals surface area contributed by atoms with Gasteiger partial charge in [0.2, 0.25) is 5.78 Å². The minimum absolute atomic E-state index is 0.0247. The zero-order valence-electron chi connectivity index (χ0n) is 15.1. The van der Waals surface area contributed by atoms with E-state index >= 15 is 0 Å². The van der Waals surface area contributed by atoms with Crippen molar-refractivity contribution in [1.29, 1.82) is 0 Å². The van der Waals surface area contributed by atoms with E-state index in [1.54, 1.807) is 6.07 Å². The molecule has 0 fully saturated rings. The van der Waals surface area contributed by atoms with Crippen LogP contribution in [0.1, 0.15) is 52.0 Å². The van der Waals surface area contributed by atoms with Gasteiger partial charge in [-0.3, -0.25) is 4.79 Å². The molecule has 0 radical (unpaired) electrons. The lowest BCUT2D eigenvalue weighted by Gasteiger charge is -2.22. The maximum absolute atomic E-state index is 12.5. The fourth-order valence-corrected chi connectivity index (χ4v) is 3.01. The predicted octanol–water partition coefficient (Wildman–Crippen LogP) is 4.43. The van der Waals surface area contributed by atoms with Gasteiger partial charge in [0.25, 0.3) is 0 Å². The van der Waals surface area contributed by atoms with Crippen LogP contribution in [0.2, 0.25) is 0 Å². The summed E-state index contributed by atoms with van der Waals surface area (Å²) in [7, 11) is 3.75. The molecule has 0 aliphatic carbocycles. The zero-order chi connectivity index (χ0) is 17.8. The summed E-state index contributed by atoms with van der Waals surface area (Å²) in [5.74, 6) is 0.313. The number of hydrogen-bond donors (Lipinski definition) is 2. The first-order chi connectivity index (χ1) is 10.6. The maximum Gasteiger partial charge on any atom is 0.202 e. The van der Waals surface area contributed by atoms with Crippen LogP contribution in [-0.2, 0) is 5.41 Å². The van der Waals surface area contributed by atoms with E-state index in [4.69, 9.17) is 0 Å². The minimum Gasteiger partial charge on any atom is -0.507 e. The first-order valence-corrected chi connectivity index (χ1v) is 8.47. The van der Waals surface area contributed by atoms with E-state index < -0.39 is 0 Å². The Balaban J connectivity index is 0.000000816. The van der Waals surface area contributed by atoms with Gasteiger partial charge in [-0.1, -0.05) is 20.8 Å². The predicted molar refractivity (Wildman–Crippen MR) is 99.0 cm³/mol. The van der Waals surface area contributed by atoms with Crippen molar-refractivity contribution < 1.29 is 9.90 Å². The fourth-order valence-electron chi connectivity index (χ4n) is 2.18. The van der Waals surface area contributed by atoms with Crippen LogP contribution in [0, 0.1) is 13.8 Å². The van der Waals surface area contributed by atoms with E-state index in [0.29, 0.717) is 5.56 Å². The van der Waals surface area contributed by atoms with Crippen LogP contribution >= 0.6 is 11.3 Å². The molecule has 1 aromatic heterocycles. The molecule has 0 aliphatic rings. The molecule has 2 N–H and O–H groups in total.